The van der Waals surface area contributed by atoms with Gasteiger partial charge in [0.15, 0.2) is 0 Å². The maximum atomic E-state index is 12.3. The van der Waals surface area contributed by atoms with Crippen LogP contribution in [0, 0.1) is 5.41 Å². The van der Waals surface area contributed by atoms with Crippen molar-refractivity contribution in [2.24, 2.45) is 5.41 Å². The van der Waals surface area contributed by atoms with Crippen LogP contribution in [0.15, 0.2) is 72.8 Å². The van der Waals surface area contributed by atoms with Gasteiger partial charge in [0.05, 0.1) is 23.8 Å². The van der Waals surface area contributed by atoms with E-state index in [0.29, 0.717) is 5.56 Å². The summed E-state index contributed by atoms with van der Waals surface area (Å²) in [6.07, 6.45) is -1.06. The van der Waals surface area contributed by atoms with Gasteiger partial charge < -0.3 is 24.5 Å². The summed E-state index contributed by atoms with van der Waals surface area (Å²) >= 11 is 0. The molecule has 1 atom stereocenters. The van der Waals surface area contributed by atoms with Crippen LogP contribution in [0.2, 0.25) is 0 Å². The van der Waals surface area contributed by atoms with E-state index in [1.807, 2.05) is 0 Å². The average Bonchev–Trinajstić information content (AvgIpc) is 2.61. The Labute approximate surface area is 150 Å². The van der Waals surface area contributed by atoms with Gasteiger partial charge in [-0.25, -0.2) is 0 Å². The van der Waals surface area contributed by atoms with E-state index in [0.717, 1.165) is 0 Å². The number of aliphatic carboxylic acids is 2. The van der Waals surface area contributed by atoms with Crippen LogP contribution in [0.5, 0.6) is 5.75 Å². The molecule has 0 heterocycles. The monoisotopic (exact) mass is 352 g/mol. The van der Waals surface area contributed by atoms with Crippen LogP contribution in [0.1, 0.15) is 12.0 Å². The molecule has 2 aromatic carbocycles. The van der Waals surface area contributed by atoms with Crippen LogP contribution in [0.4, 0.5) is 0 Å². The van der Waals surface area contributed by atoms with Crippen LogP contribution in [-0.4, -0.2) is 17.9 Å². The van der Waals surface area contributed by atoms with Gasteiger partial charge in [0, 0.05) is 0 Å². The Balaban J connectivity index is 2.35. The fourth-order valence-corrected chi connectivity index (χ4v) is 2.59. The molecule has 0 saturated heterocycles. The predicted molar refractivity (Wildman–Crippen MR) is 88.4 cm³/mol. The minimum absolute atomic E-state index is 0.212. The lowest BCUT2D eigenvalue weighted by Gasteiger charge is -2.36. The minimum atomic E-state index is -2.19. The van der Waals surface area contributed by atoms with E-state index in [1.54, 1.807) is 48.5 Å². The highest BCUT2D eigenvalue weighted by Gasteiger charge is 2.39. The quantitative estimate of drug-likeness (QED) is 0.383. The van der Waals surface area contributed by atoms with Gasteiger partial charge in [-0.1, -0.05) is 55.1 Å². The van der Waals surface area contributed by atoms with Gasteiger partial charge in [-0.05, 0) is 29.7 Å². The number of hydrogen-bond acceptors (Lipinski definition) is 6. The first-order valence-electron chi connectivity index (χ1n) is 7.77. The van der Waals surface area contributed by atoms with E-state index in [9.17, 15) is 24.6 Å². The largest absolute Gasteiger partial charge is 0.549 e. The van der Waals surface area contributed by atoms with Crippen LogP contribution < -0.4 is 14.9 Å². The number of ether oxygens (including phenoxy) is 1. The molecule has 6 heteroatoms. The molecule has 0 aliphatic rings. The van der Waals surface area contributed by atoms with Crippen LogP contribution in [0.25, 0.3) is 0 Å². The lowest BCUT2D eigenvalue weighted by atomic mass is 9.73. The summed E-state index contributed by atoms with van der Waals surface area (Å²) in [4.78, 5) is 35.5. The SMILES string of the molecule is C=C(C(=O)[O-])C(CC(=O)Oc1ccccc1)(Cc1ccccc1)C(=O)[O-]. The summed E-state index contributed by atoms with van der Waals surface area (Å²) in [6.45, 7) is 3.31. The maximum absolute atomic E-state index is 12.3. The van der Waals surface area contributed by atoms with Crippen molar-refractivity contribution in [3.63, 3.8) is 0 Å². The van der Waals surface area contributed by atoms with E-state index in [4.69, 9.17) is 4.74 Å². The van der Waals surface area contributed by atoms with Crippen LogP contribution in [-0.2, 0) is 20.8 Å². The molecule has 0 amide bonds. The molecule has 2 aromatic rings. The van der Waals surface area contributed by atoms with Gasteiger partial charge >= 0.3 is 5.97 Å². The second-order valence-corrected chi connectivity index (χ2v) is 5.76. The first-order chi connectivity index (χ1) is 12.3. The smallest absolute Gasteiger partial charge is 0.312 e. The number of esters is 1. The highest BCUT2D eigenvalue weighted by molar-refractivity contribution is 5.97. The average molecular weight is 352 g/mol. The molecule has 0 aliphatic carbocycles. The molecule has 0 aliphatic heterocycles. The number of carboxylic acid groups (broad SMARTS) is 2. The first-order valence-corrected chi connectivity index (χ1v) is 7.77. The Morgan fingerprint density at radius 1 is 0.923 bits per heavy atom. The van der Waals surface area contributed by atoms with Gasteiger partial charge in [-0.15, -0.1) is 0 Å². The molecule has 2 rings (SSSR count). The third-order valence-electron chi connectivity index (χ3n) is 3.98. The van der Waals surface area contributed by atoms with Gasteiger partial charge in [0.2, 0.25) is 0 Å². The molecule has 26 heavy (non-hydrogen) atoms. The molecular formula is C20H16O6-2. The van der Waals surface area contributed by atoms with E-state index in [-0.39, 0.29) is 12.2 Å². The Kier molecular flexibility index (Phi) is 5.90. The zero-order valence-corrected chi connectivity index (χ0v) is 13.8. The van der Waals surface area contributed by atoms with Gasteiger partial charge in [-0.2, -0.15) is 0 Å². The highest BCUT2D eigenvalue weighted by Crippen LogP contribution is 2.35. The van der Waals surface area contributed by atoms with Crippen molar-refractivity contribution < 1.29 is 29.3 Å². The van der Waals surface area contributed by atoms with Crippen molar-refractivity contribution in [2.45, 2.75) is 12.8 Å². The Morgan fingerprint density at radius 2 is 1.46 bits per heavy atom. The standard InChI is InChI=1S/C20H18O6/c1-14(18(22)23)20(19(24)25,12-15-8-4-2-5-9-15)13-17(21)26-16-10-6-3-7-11-16/h2-11H,1,12-13H2,(H,22,23)(H,24,25)/p-2. The summed E-state index contributed by atoms with van der Waals surface area (Å²) in [5, 5.41) is 23.2. The van der Waals surface area contributed by atoms with E-state index < -0.39 is 35.3 Å². The maximum Gasteiger partial charge on any atom is 0.312 e. The van der Waals surface area contributed by atoms with Crippen molar-refractivity contribution >= 4 is 17.9 Å². The fraction of sp³-hybridized carbons (Fsp3) is 0.150. The Morgan fingerprint density at radius 3 is 1.96 bits per heavy atom. The number of carbonyl (C=O) groups excluding carboxylic acids is 3. The topological polar surface area (TPSA) is 107 Å². The van der Waals surface area contributed by atoms with Crippen molar-refractivity contribution in [1.82, 2.24) is 0 Å². The molecule has 0 aromatic heterocycles. The molecule has 0 radical (unpaired) electrons. The van der Waals surface area contributed by atoms with Gasteiger partial charge in [0.25, 0.3) is 0 Å². The Bertz CT molecular complexity index is 813. The number of para-hydroxylation sites is 1. The first kappa shape index (κ1) is 18.9. The molecular weight excluding hydrogens is 336 g/mol. The van der Waals surface area contributed by atoms with E-state index in [2.05, 4.69) is 6.58 Å². The van der Waals surface area contributed by atoms with E-state index in [1.165, 1.54) is 12.1 Å². The normalized spacial score (nSPS) is 12.6. The molecule has 0 saturated carbocycles. The zero-order valence-electron chi connectivity index (χ0n) is 13.8. The number of hydrogen-bond donors (Lipinski definition) is 0. The van der Waals surface area contributed by atoms with Crippen LogP contribution in [0.3, 0.4) is 0 Å². The molecule has 0 fully saturated rings. The highest BCUT2D eigenvalue weighted by atomic mass is 16.5. The lowest BCUT2D eigenvalue weighted by Crippen LogP contribution is -2.50. The molecule has 1 unspecified atom stereocenters. The number of carbonyl (C=O) groups is 3. The number of benzene rings is 2. The third-order valence-corrected chi connectivity index (χ3v) is 3.98. The summed E-state index contributed by atoms with van der Waals surface area (Å²) in [5.41, 5.74) is -2.43. The summed E-state index contributed by atoms with van der Waals surface area (Å²) < 4.78 is 5.10. The van der Waals surface area contributed by atoms with Crippen molar-refractivity contribution in [3.8, 4) is 5.75 Å². The minimum Gasteiger partial charge on any atom is -0.549 e. The predicted octanol–water partition coefficient (Wildman–Crippen LogP) is 0.267. The second kappa shape index (κ2) is 8.11. The lowest BCUT2D eigenvalue weighted by molar-refractivity contribution is -0.322. The molecule has 0 spiro atoms. The van der Waals surface area contributed by atoms with E-state index >= 15 is 0 Å². The summed E-state index contributed by atoms with van der Waals surface area (Å²) in [7, 11) is 0. The summed E-state index contributed by atoms with van der Waals surface area (Å²) in [5.74, 6) is -4.21. The van der Waals surface area contributed by atoms with Crippen LogP contribution >= 0.6 is 0 Å². The number of rotatable bonds is 8. The zero-order chi connectivity index (χ0) is 19.2. The Hall–Kier alpha value is -3.41. The van der Waals surface area contributed by atoms with Crippen molar-refractivity contribution in [3.05, 3.63) is 78.4 Å². The summed E-state index contributed by atoms with van der Waals surface area (Å²) in [6, 6.07) is 16.3. The molecule has 0 N–H and O–H groups in total. The number of carboxylic acids is 2. The van der Waals surface area contributed by atoms with Gasteiger partial charge in [0.1, 0.15) is 5.75 Å². The van der Waals surface area contributed by atoms with Crippen molar-refractivity contribution in [1.29, 1.82) is 0 Å². The van der Waals surface area contributed by atoms with Crippen molar-refractivity contribution in [2.75, 3.05) is 0 Å². The second-order valence-electron chi connectivity index (χ2n) is 5.76. The third kappa shape index (κ3) is 4.36. The molecule has 6 nitrogen and oxygen atoms in total. The molecule has 0 bridgehead atoms. The molecule has 134 valence electrons. The van der Waals surface area contributed by atoms with Gasteiger partial charge in [-0.3, -0.25) is 4.79 Å². The fourth-order valence-electron chi connectivity index (χ4n) is 2.59.